The molecule has 0 unspecified atom stereocenters. The quantitative estimate of drug-likeness (QED) is 0.818. The Morgan fingerprint density at radius 3 is 2.59 bits per heavy atom. The monoisotopic (exact) mass is 249 g/mol. The normalized spacial score (nSPS) is 11.0. The first-order valence-electron chi connectivity index (χ1n) is 4.21. The van der Waals surface area contributed by atoms with Crippen LogP contribution in [-0.2, 0) is 16.0 Å². The number of anilines is 1. The number of hydrogen-bond donors (Lipinski definition) is 2. The molecule has 1 amide bonds. The highest BCUT2D eigenvalue weighted by Crippen LogP contribution is 2.17. The Hall–Kier alpha value is -2.19. The van der Waals surface area contributed by atoms with E-state index in [0.717, 1.165) is 12.3 Å². The Morgan fingerprint density at radius 2 is 2.06 bits per heavy atom. The van der Waals surface area contributed by atoms with Gasteiger partial charge in [0.05, 0.1) is 0 Å². The summed E-state index contributed by atoms with van der Waals surface area (Å²) in [7, 11) is 0. The molecule has 92 valence electrons. The summed E-state index contributed by atoms with van der Waals surface area (Å²) in [5.41, 5.74) is 0. The van der Waals surface area contributed by atoms with Crippen molar-refractivity contribution in [1.29, 1.82) is 0 Å². The molecule has 0 saturated carbocycles. The van der Waals surface area contributed by atoms with E-state index >= 15 is 0 Å². The van der Waals surface area contributed by atoms with E-state index in [4.69, 9.17) is 5.11 Å². The number of halogens is 3. The maximum atomic E-state index is 11.9. The molecule has 1 heterocycles. The molecule has 1 rings (SSSR count). The SMILES string of the molecule is O=C(O)Cc1nccc(NC(=O)C(F)(F)F)n1. The number of hydrogen-bond acceptors (Lipinski definition) is 4. The third kappa shape index (κ3) is 4.05. The van der Waals surface area contributed by atoms with Crippen molar-refractivity contribution >= 4 is 17.7 Å². The van der Waals surface area contributed by atoms with E-state index in [2.05, 4.69) is 9.97 Å². The predicted molar refractivity (Wildman–Crippen MR) is 48.1 cm³/mol. The molecule has 17 heavy (non-hydrogen) atoms. The highest BCUT2D eigenvalue weighted by atomic mass is 19.4. The average molecular weight is 249 g/mol. The van der Waals surface area contributed by atoms with Crippen molar-refractivity contribution in [3.05, 3.63) is 18.1 Å². The molecule has 0 aromatic carbocycles. The van der Waals surface area contributed by atoms with Crippen molar-refractivity contribution < 1.29 is 27.9 Å². The Balaban J connectivity index is 2.79. The largest absolute Gasteiger partial charge is 0.481 e. The van der Waals surface area contributed by atoms with Crippen molar-refractivity contribution in [3.8, 4) is 0 Å². The maximum absolute atomic E-state index is 11.9. The van der Waals surface area contributed by atoms with Crippen LogP contribution in [0.3, 0.4) is 0 Å². The molecule has 0 atom stereocenters. The summed E-state index contributed by atoms with van der Waals surface area (Å²) < 4.78 is 35.7. The molecular formula is C8H6F3N3O3. The van der Waals surface area contributed by atoms with Gasteiger partial charge in [0.15, 0.2) is 0 Å². The van der Waals surface area contributed by atoms with Gasteiger partial charge in [-0.2, -0.15) is 13.2 Å². The second-order valence-corrected chi connectivity index (χ2v) is 2.88. The predicted octanol–water partition coefficient (Wildman–Crippen LogP) is 0.605. The maximum Gasteiger partial charge on any atom is 0.471 e. The standard InChI is InChI=1S/C8H6F3N3O3/c9-8(10,11)7(17)14-4-1-2-12-5(13-4)3-6(15)16/h1-2H,3H2,(H,15,16)(H,12,13,14,17). The van der Waals surface area contributed by atoms with E-state index in [1.165, 1.54) is 5.32 Å². The Bertz CT molecular complexity index is 447. The summed E-state index contributed by atoms with van der Waals surface area (Å²) in [6, 6.07) is 1.02. The molecule has 0 spiro atoms. The lowest BCUT2D eigenvalue weighted by Gasteiger charge is -2.07. The third-order valence-corrected chi connectivity index (χ3v) is 1.51. The minimum atomic E-state index is -5.03. The lowest BCUT2D eigenvalue weighted by atomic mass is 10.4. The average Bonchev–Trinajstić information content (AvgIpc) is 2.15. The van der Waals surface area contributed by atoms with E-state index in [1.807, 2.05) is 0 Å². The van der Waals surface area contributed by atoms with E-state index < -0.39 is 30.3 Å². The number of carboxylic acids is 1. The van der Waals surface area contributed by atoms with Crippen molar-refractivity contribution in [3.63, 3.8) is 0 Å². The first kappa shape index (κ1) is 12.9. The summed E-state index contributed by atoms with van der Waals surface area (Å²) in [5, 5.41) is 9.91. The second kappa shape index (κ2) is 4.76. The number of amides is 1. The molecule has 2 N–H and O–H groups in total. The van der Waals surface area contributed by atoms with E-state index in [1.54, 1.807) is 0 Å². The minimum absolute atomic E-state index is 0.197. The minimum Gasteiger partial charge on any atom is -0.481 e. The Morgan fingerprint density at radius 1 is 1.41 bits per heavy atom. The molecule has 0 aliphatic rings. The topological polar surface area (TPSA) is 92.2 Å². The van der Waals surface area contributed by atoms with Crippen LogP contribution in [0.5, 0.6) is 0 Å². The number of carboxylic acid groups (broad SMARTS) is 1. The highest BCUT2D eigenvalue weighted by Gasteiger charge is 2.38. The van der Waals surface area contributed by atoms with Gasteiger partial charge in [0.25, 0.3) is 0 Å². The van der Waals surface area contributed by atoms with Gasteiger partial charge in [-0.1, -0.05) is 0 Å². The Labute approximate surface area is 92.5 Å². The first-order chi connectivity index (χ1) is 7.79. The van der Waals surface area contributed by atoms with Gasteiger partial charge in [-0.05, 0) is 6.07 Å². The fraction of sp³-hybridized carbons (Fsp3) is 0.250. The van der Waals surface area contributed by atoms with Crippen LogP contribution in [-0.4, -0.2) is 33.1 Å². The zero-order valence-electron chi connectivity index (χ0n) is 8.15. The van der Waals surface area contributed by atoms with Crippen LogP contribution in [0.15, 0.2) is 12.3 Å². The number of aliphatic carboxylic acids is 1. The third-order valence-electron chi connectivity index (χ3n) is 1.51. The molecule has 0 aliphatic carbocycles. The molecule has 0 bridgehead atoms. The van der Waals surface area contributed by atoms with Crippen LogP contribution in [0.2, 0.25) is 0 Å². The van der Waals surface area contributed by atoms with Crippen LogP contribution >= 0.6 is 0 Å². The van der Waals surface area contributed by atoms with Crippen molar-refractivity contribution in [2.45, 2.75) is 12.6 Å². The van der Waals surface area contributed by atoms with Gasteiger partial charge >= 0.3 is 18.1 Å². The summed E-state index contributed by atoms with van der Waals surface area (Å²) in [6.45, 7) is 0. The number of carbonyl (C=O) groups excluding carboxylic acids is 1. The van der Waals surface area contributed by atoms with Crippen molar-refractivity contribution in [2.75, 3.05) is 5.32 Å². The molecule has 1 aromatic rings. The number of rotatable bonds is 3. The summed E-state index contributed by atoms with van der Waals surface area (Å²) in [4.78, 5) is 27.8. The van der Waals surface area contributed by atoms with Gasteiger partial charge in [-0.3, -0.25) is 9.59 Å². The summed E-state index contributed by atoms with van der Waals surface area (Å²) >= 11 is 0. The zero-order valence-corrected chi connectivity index (χ0v) is 8.15. The van der Waals surface area contributed by atoms with E-state index in [0.29, 0.717) is 0 Å². The van der Waals surface area contributed by atoms with Crippen LogP contribution in [0.1, 0.15) is 5.82 Å². The molecule has 0 fully saturated rings. The van der Waals surface area contributed by atoms with Gasteiger partial charge < -0.3 is 10.4 Å². The second-order valence-electron chi connectivity index (χ2n) is 2.88. The van der Waals surface area contributed by atoms with Crippen LogP contribution in [0, 0.1) is 0 Å². The number of aromatic nitrogens is 2. The summed E-state index contributed by atoms with van der Waals surface area (Å²) in [5.74, 6) is -4.02. The molecule has 1 aromatic heterocycles. The van der Waals surface area contributed by atoms with Crippen molar-refractivity contribution in [1.82, 2.24) is 9.97 Å². The molecule has 0 aliphatic heterocycles. The van der Waals surface area contributed by atoms with Crippen LogP contribution in [0.4, 0.5) is 19.0 Å². The van der Waals surface area contributed by atoms with Gasteiger partial charge in [-0.25, -0.2) is 9.97 Å². The van der Waals surface area contributed by atoms with Gasteiger partial charge in [0, 0.05) is 6.20 Å². The Kier molecular flexibility index (Phi) is 3.61. The fourth-order valence-corrected chi connectivity index (χ4v) is 0.876. The molecular weight excluding hydrogens is 243 g/mol. The number of alkyl halides is 3. The van der Waals surface area contributed by atoms with Gasteiger partial charge in [-0.15, -0.1) is 0 Å². The molecule has 0 saturated heterocycles. The van der Waals surface area contributed by atoms with E-state index in [-0.39, 0.29) is 5.82 Å². The number of carbonyl (C=O) groups is 2. The summed E-state index contributed by atoms with van der Waals surface area (Å²) in [6.07, 6.45) is -4.52. The van der Waals surface area contributed by atoms with Crippen molar-refractivity contribution in [2.24, 2.45) is 0 Å². The molecule has 0 radical (unpaired) electrons. The number of nitrogens with one attached hydrogen (secondary N) is 1. The zero-order chi connectivity index (χ0) is 13.1. The highest BCUT2D eigenvalue weighted by molar-refractivity contribution is 5.94. The number of nitrogens with zero attached hydrogens (tertiary/aromatic N) is 2. The van der Waals surface area contributed by atoms with Crippen LogP contribution < -0.4 is 5.32 Å². The molecule has 9 heteroatoms. The molecule has 6 nitrogen and oxygen atoms in total. The lowest BCUT2D eigenvalue weighted by molar-refractivity contribution is -0.167. The fourth-order valence-electron chi connectivity index (χ4n) is 0.876. The smallest absolute Gasteiger partial charge is 0.471 e. The van der Waals surface area contributed by atoms with Crippen LogP contribution in [0.25, 0.3) is 0 Å². The first-order valence-corrected chi connectivity index (χ1v) is 4.21. The van der Waals surface area contributed by atoms with Gasteiger partial charge in [0.2, 0.25) is 0 Å². The lowest BCUT2D eigenvalue weighted by Crippen LogP contribution is -2.30. The van der Waals surface area contributed by atoms with E-state index in [9.17, 15) is 22.8 Å². The van der Waals surface area contributed by atoms with Gasteiger partial charge in [0.1, 0.15) is 18.1 Å².